The molecule has 0 bridgehead atoms. The van der Waals surface area contributed by atoms with E-state index in [1.165, 1.54) is 0 Å². The monoisotopic (exact) mass is 356 g/mol. The zero-order chi connectivity index (χ0) is 15.9. The highest BCUT2D eigenvalue weighted by Gasteiger charge is 2.35. The van der Waals surface area contributed by atoms with E-state index in [2.05, 4.69) is 22.6 Å². The van der Waals surface area contributed by atoms with Gasteiger partial charge in [-0.3, -0.25) is 22.7 Å². The molecule has 0 aliphatic rings. The Balaban J connectivity index is 4.68. The Morgan fingerprint density at radius 2 is 0.900 bits per heavy atom. The van der Waals surface area contributed by atoms with E-state index in [4.69, 9.17) is 9.05 Å². The molecule has 0 aliphatic carbocycles. The Morgan fingerprint density at radius 1 is 0.600 bits per heavy atom. The lowest BCUT2D eigenvalue weighted by atomic mass is 11.7. The van der Waals surface area contributed by atoms with Crippen LogP contribution in [-0.2, 0) is 45.4 Å². The van der Waals surface area contributed by atoms with Gasteiger partial charge in [-0.25, -0.2) is 4.57 Å². The van der Waals surface area contributed by atoms with E-state index in [1.807, 2.05) is 0 Å². The molecule has 0 aromatic carbocycles. The zero-order valence-corrected chi connectivity index (χ0v) is 14.5. The molecule has 122 valence electrons. The maximum Gasteiger partial charge on any atom is 0.475 e. The van der Waals surface area contributed by atoms with Gasteiger partial charge in [0.2, 0.25) is 0 Å². The van der Waals surface area contributed by atoms with Crippen molar-refractivity contribution in [3.63, 3.8) is 0 Å². The summed E-state index contributed by atoms with van der Waals surface area (Å²) in [6, 6.07) is 0. The summed E-state index contributed by atoms with van der Waals surface area (Å²) < 4.78 is 67.9. The molecule has 0 atom stereocenters. The maximum absolute atomic E-state index is 12.0. The largest absolute Gasteiger partial charge is 0.475 e. The predicted octanol–water partition coefficient (Wildman–Crippen LogP) is 2.66. The molecular weight excluding hydrogens is 337 g/mol. The first kappa shape index (κ1) is 20.4. The first-order valence-electron chi connectivity index (χ1n) is 5.08. The predicted molar refractivity (Wildman–Crippen MR) is 69.8 cm³/mol. The lowest BCUT2D eigenvalue weighted by Gasteiger charge is -2.20. The summed E-state index contributed by atoms with van der Waals surface area (Å²) in [6.45, 7) is 0. The Hall–Kier alpha value is 0.410. The van der Waals surface area contributed by atoms with Gasteiger partial charge in [0.05, 0.1) is 0 Å². The van der Waals surface area contributed by atoms with Crippen LogP contribution in [0.4, 0.5) is 0 Å². The lowest BCUT2D eigenvalue weighted by Crippen LogP contribution is -2.05. The van der Waals surface area contributed by atoms with E-state index in [-0.39, 0.29) is 0 Å². The minimum Gasteiger partial charge on any atom is -0.310 e. The van der Waals surface area contributed by atoms with Crippen LogP contribution in [-0.4, -0.2) is 48.2 Å². The fraction of sp³-hybridized carbons (Fsp3) is 1.00. The molecule has 0 rings (SSSR count). The zero-order valence-electron chi connectivity index (χ0n) is 11.8. The van der Waals surface area contributed by atoms with E-state index in [1.54, 1.807) is 0 Å². The van der Waals surface area contributed by atoms with Crippen LogP contribution in [0.1, 0.15) is 0 Å². The van der Waals surface area contributed by atoms with E-state index >= 15 is 0 Å². The van der Waals surface area contributed by atoms with E-state index < -0.39 is 35.7 Å². The van der Waals surface area contributed by atoms with E-state index in [0.717, 1.165) is 35.5 Å². The first-order valence-corrected chi connectivity index (χ1v) is 9.99. The van der Waals surface area contributed by atoms with Crippen molar-refractivity contribution in [2.75, 3.05) is 48.2 Å². The molecule has 0 N–H and O–H groups in total. The summed E-state index contributed by atoms with van der Waals surface area (Å²) in [5.74, 6) is 0. The molecule has 0 unspecified atom stereocenters. The van der Waals surface area contributed by atoms with Crippen LogP contribution in [0.3, 0.4) is 0 Å². The number of rotatable bonds is 11. The highest BCUT2D eigenvalue weighted by molar-refractivity contribution is 7.56. The molecule has 0 aliphatic heterocycles. The molecule has 0 radical (unpaired) electrons. The smallest absolute Gasteiger partial charge is 0.310 e. The second kappa shape index (κ2) is 8.76. The minimum atomic E-state index is -4.11. The van der Waals surface area contributed by atoms with E-state index in [0.29, 0.717) is 0 Å². The van der Waals surface area contributed by atoms with Crippen LogP contribution >= 0.6 is 23.0 Å². The normalized spacial score (nSPS) is 13.7. The van der Waals surface area contributed by atoms with Gasteiger partial charge in [-0.1, -0.05) is 0 Å². The first-order chi connectivity index (χ1) is 9.22. The molecule has 0 heterocycles. The molecule has 20 heavy (non-hydrogen) atoms. The van der Waals surface area contributed by atoms with Crippen molar-refractivity contribution >= 4 is 23.0 Å². The van der Waals surface area contributed by atoms with Gasteiger partial charge in [-0.2, -0.15) is 0 Å². The van der Waals surface area contributed by atoms with Gasteiger partial charge in [-0.05, 0) is 0 Å². The van der Waals surface area contributed by atoms with Crippen LogP contribution < -0.4 is 0 Å². The van der Waals surface area contributed by atoms with Crippen molar-refractivity contribution in [3.8, 4) is 0 Å². The summed E-state index contributed by atoms with van der Waals surface area (Å²) in [7, 11) is -5.64. The van der Waals surface area contributed by atoms with Crippen LogP contribution in [0.2, 0.25) is 0 Å². The number of phosphoric acid groups is 1. The number of hydrogen-bond donors (Lipinski definition) is 0. The molecule has 0 fully saturated rings. The van der Waals surface area contributed by atoms with Crippen molar-refractivity contribution in [3.05, 3.63) is 0 Å². The quantitative estimate of drug-likeness (QED) is 0.511. The van der Waals surface area contributed by atoms with Crippen LogP contribution in [0.5, 0.6) is 0 Å². The standard InChI is InChI=1S/C7H19O10P3/c1-11-18(8,12-2)6-16-20(10,15-5)17-7-19(9,13-3)14-4/h6-7H2,1-5H3. The maximum atomic E-state index is 12.0. The van der Waals surface area contributed by atoms with Crippen molar-refractivity contribution in [1.82, 2.24) is 0 Å². The Morgan fingerprint density at radius 3 is 1.10 bits per heavy atom. The Bertz CT molecular complexity index is 373. The number of phosphoric ester groups is 1. The minimum absolute atomic E-state index is 0.671. The van der Waals surface area contributed by atoms with Gasteiger partial charge in [0.25, 0.3) is 0 Å². The molecule has 0 saturated heterocycles. The SMILES string of the molecule is COP(=O)(COP(=O)(OC)OCP(=O)(OC)OC)OC. The fourth-order valence-electron chi connectivity index (χ4n) is 0.785. The highest BCUT2D eigenvalue weighted by atomic mass is 31.2. The van der Waals surface area contributed by atoms with Crippen molar-refractivity contribution in [1.29, 1.82) is 0 Å². The second-order valence-electron chi connectivity index (χ2n) is 3.10. The molecule has 10 nitrogen and oxygen atoms in total. The molecule has 0 saturated carbocycles. The molecule has 0 aromatic heterocycles. The van der Waals surface area contributed by atoms with Crippen LogP contribution in [0.25, 0.3) is 0 Å². The van der Waals surface area contributed by atoms with Crippen molar-refractivity contribution in [2.45, 2.75) is 0 Å². The fourth-order valence-corrected chi connectivity index (χ4v) is 4.05. The third kappa shape index (κ3) is 6.45. The van der Waals surface area contributed by atoms with Gasteiger partial charge in [0, 0.05) is 35.5 Å². The van der Waals surface area contributed by atoms with Gasteiger partial charge in [0.1, 0.15) is 0 Å². The van der Waals surface area contributed by atoms with Crippen LogP contribution in [0, 0.1) is 0 Å². The molecule has 0 amide bonds. The third-order valence-electron chi connectivity index (χ3n) is 2.08. The number of hydrogen-bond acceptors (Lipinski definition) is 10. The van der Waals surface area contributed by atoms with Gasteiger partial charge < -0.3 is 18.1 Å². The summed E-state index contributed by atoms with van der Waals surface area (Å²) in [5, 5.41) is 0. The van der Waals surface area contributed by atoms with Gasteiger partial charge in [-0.15, -0.1) is 0 Å². The second-order valence-corrected chi connectivity index (χ2v) is 9.29. The Labute approximate surface area is 117 Å². The molecule has 0 spiro atoms. The molecular formula is C7H19O10P3. The summed E-state index contributed by atoms with van der Waals surface area (Å²) >= 11 is 0. The topological polar surface area (TPSA) is 116 Å². The third-order valence-corrected chi connectivity index (χ3v) is 6.95. The average Bonchev–Trinajstić information content (AvgIpc) is 2.50. The summed E-state index contributed by atoms with van der Waals surface area (Å²) in [5.41, 5.74) is 0. The van der Waals surface area contributed by atoms with Gasteiger partial charge >= 0.3 is 23.0 Å². The summed E-state index contributed by atoms with van der Waals surface area (Å²) in [4.78, 5) is 0. The van der Waals surface area contributed by atoms with Crippen molar-refractivity contribution in [2.24, 2.45) is 0 Å². The highest BCUT2D eigenvalue weighted by Crippen LogP contribution is 2.58. The lowest BCUT2D eigenvalue weighted by molar-refractivity contribution is 0.139. The van der Waals surface area contributed by atoms with Crippen molar-refractivity contribution < 1.29 is 45.4 Å². The van der Waals surface area contributed by atoms with E-state index in [9.17, 15) is 13.7 Å². The molecule has 0 aromatic rings. The summed E-state index contributed by atoms with van der Waals surface area (Å²) in [6.07, 6.45) is -1.34. The van der Waals surface area contributed by atoms with Crippen LogP contribution in [0.15, 0.2) is 0 Å². The molecule has 13 heteroatoms. The van der Waals surface area contributed by atoms with Gasteiger partial charge in [0.15, 0.2) is 12.7 Å². The average molecular weight is 356 g/mol. The Kier molecular flexibility index (Phi) is 8.94.